The molecule has 0 saturated carbocycles. The second-order valence-electron chi connectivity index (χ2n) is 16.4. The third-order valence-corrected chi connectivity index (χ3v) is 11.4. The number of phenols is 2. The number of hydrogen-bond donors (Lipinski definition) is 14. The number of ether oxygens (including phenoxy) is 8. The highest BCUT2D eigenvalue weighted by Crippen LogP contribution is 2.38. The molecule has 14 N–H and O–H groups in total. The Kier molecular flexibility index (Phi) is 21.6. The van der Waals surface area contributed by atoms with Crippen molar-refractivity contribution in [2.24, 2.45) is 0 Å². The van der Waals surface area contributed by atoms with Gasteiger partial charge in [-0.2, -0.15) is 0 Å². The average Bonchev–Trinajstić information content (AvgIpc) is 3.28. The molecule has 3 saturated heterocycles. The predicted octanol–water partition coefficient (Wildman–Crippen LogP) is -3.95. The smallest absolute Gasteiger partial charge is 0.407 e. The normalized spacial score (nSPS) is 33.0. The summed E-state index contributed by atoms with van der Waals surface area (Å²) in [5.74, 6) is -6.90. The highest BCUT2D eigenvalue weighted by atomic mass is 16.8. The molecule has 11 unspecified atom stereocenters. The Morgan fingerprint density at radius 1 is 0.806 bits per heavy atom. The molecule has 3 aliphatic heterocycles. The van der Waals surface area contributed by atoms with Gasteiger partial charge in [-0.1, -0.05) is 25.7 Å². The number of methoxy groups -OCH3 is 1. The maximum absolute atomic E-state index is 13.4. The third-order valence-electron chi connectivity index (χ3n) is 11.4. The van der Waals surface area contributed by atoms with Gasteiger partial charge < -0.3 is 110 Å². The van der Waals surface area contributed by atoms with E-state index in [4.69, 9.17) is 33.2 Å². The highest BCUT2D eigenvalue weighted by Gasteiger charge is 2.60. The number of phenolic OH excluding ortho intramolecular Hbond substituents is 2. The third kappa shape index (κ3) is 14.9. The lowest BCUT2D eigenvalue weighted by molar-refractivity contribution is -0.381. The van der Waals surface area contributed by atoms with Crippen molar-refractivity contribution in [3.05, 3.63) is 23.8 Å². The zero-order valence-electron chi connectivity index (χ0n) is 36.9. The summed E-state index contributed by atoms with van der Waals surface area (Å²) in [4.78, 5) is 49.8. The van der Waals surface area contributed by atoms with Gasteiger partial charge in [0.1, 0.15) is 85.2 Å². The number of nitrogens with one attached hydrogen (secondary N) is 2. The maximum atomic E-state index is 13.4. The van der Waals surface area contributed by atoms with E-state index in [1.165, 1.54) is 19.2 Å². The van der Waals surface area contributed by atoms with Crippen LogP contribution in [0.1, 0.15) is 63.9 Å². The van der Waals surface area contributed by atoms with Gasteiger partial charge >= 0.3 is 18.0 Å². The number of aliphatic hydroxyl groups excluding tert-OH is 9. The second kappa shape index (κ2) is 26.0. The monoisotopic (exact) mass is 968 g/mol. The molecular weight excluding hydrogens is 904 g/mol. The summed E-state index contributed by atoms with van der Waals surface area (Å²) in [6.45, 7) is -2.49. The van der Waals surface area contributed by atoms with Crippen molar-refractivity contribution in [3.63, 3.8) is 0 Å². The largest absolute Gasteiger partial charge is 0.508 e. The Hall–Kier alpha value is -4.10. The van der Waals surface area contributed by atoms with Crippen LogP contribution in [0.2, 0.25) is 0 Å². The Bertz CT molecular complexity index is 1720. The van der Waals surface area contributed by atoms with Gasteiger partial charge in [0, 0.05) is 32.4 Å². The first-order valence-electron chi connectivity index (χ1n) is 21.7. The van der Waals surface area contributed by atoms with E-state index in [1.807, 2.05) is 0 Å². The topological polar surface area (TPSA) is 409 Å². The van der Waals surface area contributed by atoms with E-state index >= 15 is 0 Å². The van der Waals surface area contributed by atoms with Crippen molar-refractivity contribution in [1.29, 1.82) is 0 Å². The van der Waals surface area contributed by atoms with Crippen LogP contribution < -0.4 is 10.6 Å². The van der Waals surface area contributed by atoms with Crippen LogP contribution in [0, 0.1) is 0 Å². The summed E-state index contributed by atoms with van der Waals surface area (Å²) in [6.07, 6.45) is -23.3. The minimum absolute atomic E-state index is 0.0161. The van der Waals surface area contributed by atoms with E-state index in [1.54, 1.807) is 0 Å². The first kappa shape index (κ1) is 55.5. The zero-order chi connectivity index (χ0) is 49.6. The number of benzene rings is 1. The SMILES string of the molecule is COC(=O)CCCCCCCCO[C@@H]1OC(CO)[C@@H](O)C(OC2OC(CO)[C@H](O)C(O[C@]3(C(=O)O)CC(O)[C@@H](NC(C)=O)C(C(O)C(O)CO)O3)C2O)C1NC(=O)OCc1cc(O)cc(O)c1. The minimum Gasteiger partial charge on any atom is -0.508 e. The Balaban J connectivity index is 1.61. The molecule has 1 aromatic rings. The van der Waals surface area contributed by atoms with Crippen molar-refractivity contribution >= 4 is 23.9 Å². The summed E-state index contributed by atoms with van der Waals surface area (Å²) in [7, 11) is 1.31. The van der Waals surface area contributed by atoms with Gasteiger partial charge in [0.25, 0.3) is 5.79 Å². The molecule has 4 rings (SSSR count). The number of carboxylic acids is 1. The molecule has 3 heterocycles. The van der Waals surface area contributed by atoms with Crippen molar-refractivity contribution in [2.75, 3.05) is 33.5 Å². The Morgan fingerprint density at radius 2 is 1.40 bits per heavy atom. The molecule has 3 fully saturated rings. The fourth-order valence-electron chi connectivity index (χ4n) is 7.90. The van der Waals surface area contributed by atoms with Gasteiger partial charge in [-0.05, 0) is 30.5 Å². The summed E-state index contributed by atoms with van der Waals surface area (Å²) in [5, 5.41) is 132. The van der Waals surface area contributed by atoms with Crippen LogP contribution in [0.4, 0.5) is 4.79 Å². The molecule has 2 amide bonds. The zero-order valence-corrected chi connectivity index (χ0v) is 36.9. The standard InChI is InChI=1S/C41H64N2O24/c1-19(47)42-28-23(50)14-41(39(57)58,66-35(28)30(53)24(51)15-44)67-36-32(55)26(17-46)64-38(33(36)56)65-34-29(43-40(59)62-18-20-11-21(48)13-22(49)12-20)37(63-25(16-45)31(34)54)61-10-8-6-4-3-5-7-9-27(52)60-2/h11-13,23-26,28-38,44-46,48-51,53-56H,3-10,14-18H2,1-2H3,(H,42,47)(H,43,59)(H,57,58)/t23?,24?,25?,26?,28-,29?,30?,31-,32+,33?,34?,35?,36?,37-,38?,41+/m1/s1. The number of carbonyl (C=O) groups excluding carboxylic acids is 3. The fraction of sp³-hybridized carbons (Fsp3) is 0.756. The lowest BCUT2D eigenvalue weighted by Gasteiger charge is -2.51. The van der Waals surface area contributed by atoms with Gasteiger partial charge in [-0.3, -0.25) is 9.59 Å². The van der Waals surface area contributed by atoms with Crippen molar-refractivity contribution in [2.45, 2.75) is 162 Å². The Labute approximate surface area is 383 Å². The molecule has 382 valence electrons. The van der Waals surface area contributed by atoms with Crippen LogP contribution in [-0.4, -0.2) is 216 Å². The number of aliphatic carboxylic acids is 1. The maximum Gasteiger partial charge on any atom is 0.407 e. The van der Waals surface area contributed by atoms with E-state index in [0.29, 0.717) is 19.3 Å². The van der Waals surface area contributed by atoms with Crippen LogP contribution in [0.15, 0.2) is 18.2 Å². The molecule has 16 atom stereocenters. The molecule has 0 aliphatic carbocycles. The second-order valence-corrected chi connectivity index (χ2v) is 16.4. The summed E-state index contributed by atoms with van der Waals surface area (Å²) in [6, 6.07) is 0.226. The number of carboxylic acid groups (broad SMARTS) is 1. The molecule has 0 spiro atoms. The number of unbranched alkanes of at least 4 members (excludes halogenated alkanes) is 5. The van der Waals surface area contributed by atoms with Gasteiger partial charge in [0.05, 0.1) is 39.1 Å². The molecule has 26 heteroatoms. The van der Waals surface area contributed by atoms with E-state index in [9.17, 15) is 80.5 Å². The molecule has 1 aromatic carbocycles. The first-order chi connectivity index (χ1) is 31.8. The van der Waals surface area contributed by atoms with E-state index in [-0.39, 0.29) is 36.1 Å². The summed E-state index contributed by atoms with van der Waals surface area (Å²) in [5.41, 5.74) is 0.154. The number of hydrogen-bond acceptors (Lipinski definition) is 23. The first-order valence-corrected chi connectivity index (χ1v) is 21.7. The highest BCUT2D eigenvalue weighted by molar-refractivity contribution is 5.76. The number of rotatable bonds is 24. The molecule has 26 nitrogen and oxygen atoms in total. The lowest BCUT2D eigenvalue weighted by Crippen LogP contribution is -2.71. The van der Waals surface area contributed by atoms with Gasteiger partial charge in [-0.15, -0.1) is 0 Å². The lowest BCUT2D eigenvalue weighted by atomic mass is 9.88. The number of esters is 1. The quantitative estimate of drug-likeness (QED) is 0.0347. The molecule has 3 aliphatic rings. The van der Waals surface area contributed by atoms with Crippen molar-refractivity contribution in [1.82, 2.24) is 10.6 Å². The van der Waals surface area contributed by atoms with Crippen LogP contribution >= 0.6 is 0 Å². The fourth-order valence-corrected chi connectivity index (χ4v) is 7.90. The number of amides is 2. The molecule has 0 radical (unpaired) electrons. The van der Waals surface area contributed by atoms with E-state index in [0.717, 1.165) is 32.3 Å². The van der Waals surface area contributed by atoms with Crippen LogP contribution in [0.25, 0.3) is 0 Å². The average molecular weight is 969 g/mol. The van der Waals surface area contributed by atoms with E-state index in [2.05, 4.69) is 15.4 Å². The number of carbonyl (C=O) groups is 4. The van der Waals surface area contributed by atoms with E-state index < -0.39 is 148 Å². The minimum atomic E-state index is -3.12. The van der Waals surface area contributed by atoms with Gasteiger partial charge in [-0.25, -0.2) is 9.59 Å². The summed E-state index contributed by atoms with van der Waals surface area (Å²) >= 11 is 0. The molecular formula is C41H64N2O24. The number of aromatic hydroxyl groups is 2. The van der Waals surface area contributed by atoms with Crippen LogP contribution in [-0.2, 0) is 58.9 Å². The van der Waals surface area contributed by atoms with Crippen LogP contribution in [0.5, 0.6) is 11.5 Å². The Morgan fingerprint density at radius 3 is 1.99 bits per heavy atom. The summed E-state index contributed by atoms with van der Waals surface area (Å²) < 4.78 is 44.9. The van der Waals surface area contributed by atoms with Gasteiger partial charge in [0.2, 0.25) is 5.91 Å². The molecule has 0 bridgehead atoms. The molecule has 0 aromatic heterocycles. The molecule has 67 heavy (non-hydrogen) atoms. The van der Waals surface area contributed by atoms with Gasteiger partial charge in [0.15, 0.2) is 12.6 Å². The number of alkyl carbamates (subject to hydrolysis) is 1. The van der Waals surface area contributed by atoms with Crippen molar-refractivity contribution < 1.29 is 118 Å². The predicted molar refractivity (Wildman–Crippen MR) is 219 cm³/mol. The van der Waals surface area contributed by atoms with Crippen LogP contribution in [0.3, 0.4) is 0 Å². The van der Waals surface area contributed by atoms with Crippen molar-refractivity contribution in [3.8, 4) is 11.5 Å². The number of aliphatic hydroxyl groups is 9.